The average Bonchev–Trinajstić information content (AvgIpc) is 2.58. The summed E-state index contributed by atoms with van der Waals surface area (Å²) in [5, 5.41) is 0. The van der Waals surface area contributed by atoms with Gasteiger partial charge in [-0.3, -0.25) is 4.79 Å². The van der Waals surface area contributed by atoms with Crippen molar-refractivity contribution in [1.82, 2.24) is 4.90 Å². The molecule has 1 saturated carbocycles. The smallest absolute Gasteiger partial charge is 0.248 e. The highest BCUT2D eigenvalue weighted by atomic mass is 16.5. The number of carbonyl (C=O) groups excluding carboxylic acids is 1. The lowest BCUT2D eigenvalue weighted by Gasteiger charge is -2.18. The molecule has 0 aromatic rings. The molecule has 0 spiro atoms. The topological polar surface area (TPSA) is 55.6 Å². The lowest BCUT2D eigenvalue weighted by Crippen LogP contribution is -2.34. The number of amides is 1. The number of piperidine rings is 1. The zero-order valence-corrected chi connectivity index (χ0v) is 7.90. The molecule has 2 N–H and O–H groups in total. The standard InChI is InChI=1S/C9H16N2O2/c1-13-5-9(12)11-3-7-6(2-10)8(7)4-11/h6-8H,2-5,10H2,1H3. The molecule has 4 nitrogen and oxygen atoms in total. The summed E-state index contributed by atoms with van der Waals surface area (Å²) in [6.07, 6.45) is 0. The zero-order valence-electron chi connectivity index (χ0n) is 7.90. The van der Waals surface area contributed by atoms with Crippen molar-refractivity contribution >= 4 is 5.91 Å². The van der Waals surface area contributed by atoms with E-state index in [9.17, 15) is 4.79 Å². The maximum Gasteiger partial charge on any atom is 0.248 e. The maximum absolute atomic E-state index is 11.4. The van der Waals surface area contributed by atoms with E-state index in [1.54, 1.807) is 7.11 Å². The predicted molar refractivity (Wildman–Crippen MR) is 48.0 cm³/mol. The number of nitrogens with zero attached hydrogens (tertiary/aromatic N) is 1. The minimum Gasteiger partial charge on any atom is -0.375 e. The molecule has 74 valence electrons. The normalized spacial score (nSPS) is 36.2. The highest BCUT2D eigenvalue weighted by Crippen LogP contribution is 2.50. The molecule has 0 bridgehead atoms. The van der Waals surface area contributed by atoms with Crippen molar-refractivity contribution in [1.29, 1.82) is 0 Å². The van der Waals surface area contributed by atoms with Crippen LogP contribution in [-0.4, -0.2) is 44.2 Å². The van der Waals surface area contributed by atoms with Crippen LogP contribution in [-0.2, 0) is 9.53 Å². The van der Waals surface area contributed by atoms with Crippen LogP contribution in [0.3, 0.4) is 0 Å². The number of ether oxygens (including phenoxy) is 1. The molecule has 1 heterocycles. The van der Waals surface area contributed by atoms with E-state index in [0.29, 0.717) is 17.8 Å². The van der Waals surface area contributed by atoms with Gasteiger partial charge in [0.2, 0.25) is 5.91 Å². The number of hydrogen-bond acceptors (Lipinski definition) is 3. The molecular weight excluding hydrogens is 168 g/mol. The molecule has 2 unspecified atom stereocenters. The Labute approximate surface area is 78.0 Å². The molecule has 0 aromatic heterocycles. The molecule has 13 heavy (non-hydrogen) atoms. The molecule has 1 saturated heterocycles. The van der Waals surface area contributed by atoms with Crippen LogP contribution in [0.25, 0.3) is 0 Å². The summed E-state index contributed by atoms with van der Waals surface area (Å²) < 4.78 is 4.80. The molecule has 4 heteroatoms. The largest absolute Gasteiger partial charge is 0.375 e. The van der Waals surface area contributed by atoms with Gasteiger partial charge in [0, 0.05) is 20.2 Å². The van der Waals surface area contributed by atoms with Crippen LogP contribution in [0.5, 0.6) is 0 Å². The summed E-state index contributed by atoms with van der Waals surface area (Å²) in [5.74, 6) is 2.17. The van der Waals surface area contributed by atoms with Gasteiger partial charge < -0.3 is 15.4 Å². The van der Waals surface area contributed by atoms with Crippen molar-refractivity contribution < 1.29 is 9.53 Å². The van der Waals surface area contributed by atoms with Gasteiger partial charge in [0.25, 0.3) is 0 Å². The molecule has 1 aliphatic heterocycles. The molecule has 2 atom stereocenters. The summed E-state index contributed by atoms with van der Waals surface area (Å²) >= 11 is 0. The van der Waals surface area contributed by atoms with E-state index >= 15 is 0 Å². The summed E-state index contributed by atoms with van der Waals surface area (Å²) in [6.45, 7) is 2.79. The minimum atomic E-state index is 0.116. The number of hydrogen-bond donors (Lipinski definition) is 1. The fourth-order valence-corrected chi connectivity index (χ4v) is 2.42. The van der Waals surface area contributed by atoms with Gasteiger partial charge in [-0.2, -0.15) is 0 Å². The van der Waals surface area contributed by atoms with Crippen molar-refractivity contribution in [2.45, 2.75) is 0 Å². The third-order valence-corrected chi connectivity index (χ3v) is 3.26. The summed E-state index contributed by atoms with van der Waals surface area (Å²) in [4.78, 5) is 13.3. The number of nitrogens with two attached hydrogens (primary N) is 1. The Balaban J connectivity index is 1.80. The van der Waals surface area contributed by atoms with Crippen molar-refractivity contribution in [3.05, 3.63) is 0 Å². The van der Waals surface area contributed by atoms with Crippen molar-refractivity contribution in [2.24, 2.45) is 23.5 Å². The monoisotopic (exact) mass is 184 g/mol. The lowest BCUT2D eigenvalue weighted by molar-refractivity contribution is -0.134. The first-order chi connectivity index (χ1) is 6.27. The van der Waals surface area contributed by atoms with Crippen molar-refractivity contribution in [3.8, 4) is 0 Å². The molecule has 1 amide bonds. The Morgan fingerprint density at radius 1 is 1.54 bits per heavy atom. The van der Waals surface area contributed by atoms with Gasteiger partial charge in [-0.25, -0.2) is 0 Å². The van der Waals surface area contributed by atoms with Crippen LogP contribution in [0.1, 0.15) is 0 Å². The highest BCUT2D eigenvalue weighted by Gasteiger charge is 2.55. The van der Waals surface area contributed by atoms with Crippen LogP contribution in [0, 0.1) is 17.8 Å². The van der Waals surface area contributed by atoms with Gasteiger partial charge in [-0.15, -0.1) is 0 Å². The van der Waals surface area contributed by atoms with E-state index in [1.807, 2.05) is 4.90 Å². The fraction of sp³-hybridized carbons (Fsp3) is 0.889. The highest BCUT2D eigenvalue weighted by molar-refractivity contribution is 5.78. The van der Waals surface area contributed by atoms with Gasteiger partial charge in [0.15, 0.2) is 0 Å². The van der Waals surface area contributed by atoms with Crippen LogP contribution in [0.15, 0.2) is 0 Å². The quantitative estimate of drug-likeness (QED) is 0.630. The van der Waals surface area contributed by atoms with E-state index in [-0.39, 0.29) is 12.5 Å². The summed E-state index contributed by atoms with van der Waals surface area (Å²) in [7, 11) is 1.55. The van der Waals surface area contributed by atoms with Gasteiger partial charge in [0.05, 0.1) is 0 Å². The second-order valence-electron chi connectivity index (χ2n) is 3.96. The summed E-state index contributed by atoms with van der Waals surface area (Å²) in [5.41, 5.74) is 5.58. The third-order valence-electron chi connectivity index (χ3n) is 3.26. The minimum absolute atomic E-state index is 0.116. The Morgan fingerprint density at radius 3 is 2.62 bits per heavy atom. The molecular formula is C9H16N2O2. The van der Waals surface area contributed by atoms with Crippen LogP contribution in [0.4, 0.5) is 0 Å². The molecule has 2 fully saturated rings. The van der Waals surface area contributed by atoms with Crippen molar-refractivity contribution in [2.75, 3.05) is 33.4 Å². The average molecular weight is 184 g/mol. The van der Waals surface area contributed by atoms with E-state index < -0.39 is 0 Å². The van der Waals surface area contributed by atoms with Gasteiger partial charge in [-0.1, -0.05) is 0 Å². The Bertz CT molecular complexity index is 208. The predicted octanol–water partition coefficient (Wildman–Crippen LogP) is -0.704. The van der Waals surface area contributed by atoms with Crippen LogP contribution < -0.4 is 5.73 Å². The van der Waals surface area contributed by atoms with Crippen LogP contribution >= 0.6 is 0 Å². The first kappa shape index (κ1) is 8.97. The maximum atomic E-state index is 11.4. The second-order valence-corrected chi connectivity index (χ2v) is 3.96. The number of methoxy groups -OCH3 is 1. The number of rotatable bonds is 3. The molecule has 0 aromatic carbocycles. The Kier molecular flexibility index (Phi) is 2.26. The number of likely N-dealkylation sites (tertiary alicyclic amines) is 1. The first-order valence-electron chi connectivity index (χ1n) is 4.74. The van der Waals surface area contributed by atoms with E-state index in [1.165, 1.54) is 0 Å². The molecule has 1 aliphatic carbocycles. The van der Waals surface area contributed by atoms with E-state index in [0.717, 1.165) is 19.6 Å². The van der Waals surface area contributed by atoms with Crippen molar-refractivity contribution in [3.63, 3.8) is 0 Å². The Hall–Kier alpha value is -0.610. The third kappa shape index (κ3) is 1.44. The van der Waals surface area contributed by atoms with Gasteiger partial charge in [-0.05, 0) is 24.3 Å². The number of carbonyl (C=O) groups is 1. The zero-order chi connectivity index (χ0) is 9.42. The van der Waals surface area contributed by atoms with E-state index in [4.69, 9.17) is 10.5 Å². The summed E-state index contributed by atoms with van der Waals surface area (Å²) in [6, 6.07) is 0. The van der Waals surface area contributed by atoms with Crippen LogP contribution in [0.2, 0.25) is 0 Å². The molecule has 0 radical (unpaired) electrons. The molecule has 2 rings (SSSR count). The van der Waals surface area contributed by atoms with E-state index in [2.05, 4.69) is 0 Å². The molecule has 2 aliphatic rings. The first-order valence-corrected chi connectivity index (χ1v) is 4.74. The second kappa shape index (κ2) is 3.27. The SMILES string of the molecule is COCC(=O)N1CC2C(CN)C2C1. The van der Waals surface area contributed by atoms with Gasteiger partial charge in [0.1, 0.15) is 6.61 Å². The Morgan fingerprint density at radius 2 is 2.15 bits per heavy atom. The lowest BCUT2D eigenvalue weighted by atomic mass is 10.2. The number of fused-ring (bicyclic) bond motifs is 1. The fourth-order valence-electron chi connectivity index (χ4n) is 2.42. The van der Waals surface area contributed by atoms with Gasteiger partial charge >= 0.3 is 0 Å².